The fourth-order valence-electron chi connectivity index (χ4n) is 3.43. The number of benzene rings is 2. The van der Waals surface area contributed by atoms with Crippen LogP contribution in [0.5, 0.6) is 0 Å². The van der Waals surface area contributed by atoms with Crippen LogP contribution in [0.15, 0.2) is 47.4 Å². The van der Waals surface area contributed by atoms with Crippen LogP contribution in [0.1, 0.15) is 30.9 Å². The van der Waals surface area contributed by atoms with Gasteiger partial charge in [-0.2, -0.15) is 4.31 Å². The molecule has 3 rings (SSSR count). The lowest BCUT2D eigenvalue weighted by Gasteiger charge is -2.33. The zero-order chi connectivity index (χ0) is 20.3. The summed E-state index contributed by atoms with van der Waals surface area (Å²) in [7, 11) is -3.62. The fourth-order valence-corrected chi connectivity index (χ4v) is 5.00. The van der Waals surface area contributed by atoms with Gasteiger partial charge in [0.25, 0.3) is 0 Å². The summed E-state index contributed by atoms with van der Waals surface area (Å²) in [6, 6.07) is 12.7. The summed E-state index contributed by atoms with van der Waals surface area (Å²) in [5, 5.41) is 6.11. The Kier molecular flexibility index (Phi) is 6.05. The summed E-state index contributed by atoms with van der Waals surface area (Å²) < 4.78 is 27.7. The number of carbonyl (C=O) groups is 1. The van der Waals surface area contributed by atoms with Crippen LogP contribution in [0.2, 0.25) is 0 Å². The summed E-state index contributed by atoms with van der Waals surface area (Å²) in [5.41, 5.74) is 3.94. The Bertz CT molecular complexity index is 973. The first kappa shape index (κ1) is 20.4. The minimum absolute atomic E-state index is 0.0594. The smallest absolute Gasteiger partial charge is 0.243 e. The number of nitrogens with one attached hydrogen (secondary N) is 2. The highest BCUT2D eigenvalue weighted by Gasteiger charge is 2.30. The van der Waals surface area contributed by atoms with Crippen molar-refractivity contribution in [3.05, 3.63) is 53.6 Å². The summed E-state index contributed by atoms with van der Waals surface area (Å²) >= 11 is 0. The zero-order valence-electron chi connectivity index (χ0n) is 16.5. The SMILES string of the molecule is CC(=O)Nc1cccc(S(=O)(=O)N2CCC[C@@H](Nc3ccc(C)c(C)c3)C2)c1. The average Bonchev–Trinajstić information content (AvgIpc) is 2.65. The molecule has 1 saturated heterocycles. The monoisotopic (exact) mass is 401 g/mol. The number of aryl methyl sites for hydroxylation is 2. The average molecular weight is 402 g/mol. The third kappa shape index (κ3) is 4.72. The van der Waals surface area contributed by atoms with Gasteiger partial charge in [-0.15, -0.1) is 0 Å². The molecule has 2 aromatic rings. The predicted octanol–water partition coefficient (Wildman–Crippen LogP) is 3.53. The van der Waals surface area contributed by atoms with E-state index in [2.05, 4.69) is 36.6 Å². The van der Waals surface area contributed by atoms with E-state index in [1.54, 1.807) is 18.2 Å². The van der Waals surface area contributed by atoms with Gasteiger partial charge in [0.1, 0.15) is 0 Å². The van der Waals surface area contributed by atoms with Crippen molar-refractivity contribution >= 4 is 27.3 Å². The van der Waals surface area contributed by atoms with Gasteiger partial charge < -0.3 is 10.6 Å². The number of anilines is 2. The number of piperidine rings is 1. The van der Waals surface area contributed by atoms with E-state index in [4.69, 9.17) is 0 Å². The first-order valence-electron chi connectivity index (χ1n) is 9.47. The molecule has 2 N–H and O–H groups in total. The van der Waals surface area contributed by atoms with Crippen LogP contribution in [0.3, 0.4) is 0 Å². The molecule has 2 aromatic carbocycles. The molecule has 28 heavy (non-hydrogen) atoms. The number of carbonyl (C=O) groups excluding carboxylic acids is 1. The van der Waals surface area contributed by atoms with Gasteiger partial charge in [-0.05, 0) is 68.1 Å². The minimum atomic E-state index is -3.62. The van der Waals surface area contributed by atoms with Crippen LogP contribution < -0.4 is 10.6 Å². The van der Waals surface area contributed by atoms with E-state index in [0.717, 1.165) is 18.5 Å². The van der Waals surface area contributed by atoms with Crippen molar-refractivity contribution in [2.45, 2.75) is 44.6 Å². The maximum Gasteiger partial charge on any atom is 0.243 e. The van der Waals surface area contributed by atoms with Gasteiger partial charge in [0.15, 0.2) is 0 Å². The van der Waals surface area contributed by atoms with Crippen molar-refractivity contribution in [3.63, 3.8) is 0 Å². The van der Waals surface area contributed by atoms with E-state index < -0.39 is 10.0 Å². The van der Waals surface area contributed by atoms with Gasteiger partial charge in [0, 0.05) is 37.4 Å². The Hall–Kier alpha value is -2.38. The van der Waals surface area contributed by atoms with Crippen molar-refractivity contribution in [2.24, 2.45) is 0 Å². The normalized spacial score (nSPS) is 17.9. The van der Waals surface area contributed by atoms with Crippen molar-refractivity contribution < 1.29 is 13.2 Å². The molecular formula is C21H27N3O3S. The highest BCUT2D eigenvalue weighted by molar-refractivity contribution is 7.89. The molecule has 7 heteroatoms. The summed E-state index contributed by atoms with van der Waals surface area (Å²) in [5.74, 6) is -0.231. The number of sulfonamides is 1. The number of hydrogen-bond acceptors (Lipinski definition) is 4. The van der Waals surface area contributed by atoms with E-state index >= 15 is 0 Å². The Morgan fingerprint density at radius 2 is 1.86 bits per heavy atom. The summed E-state index contributed by atoms with van der Waals surface area (Å²) in [6.07, 6.45) is 1.72. The third-order valence-corrected chi connectivity index (χ3v) is 6.92. The molecule has 0 bridgehead atoms. The van der Waals surface area contributed by atoms with Gasteiger partial charge in [0.2, 0.25) is 15.9 Å². The zero-order valence-corrected chi connectivity index (χ0v) is 17.3. The predicted molar refractivity (Wildman–Crippen MR) is 112 cm³/mol. The number of nitrogens with zero attached hydrogens (tertiary/aromatic N) is 1. The lowest BCUT2D eigenvalue weighted by atomic mass is 10.1. The summed E-state index contributed by atoms with van der Waals surface area (Å²) in [4.78, 5) is 11.5. The number of amides is 1. The molecule has 0 spiro atoms. The number of hydrogen-bond donors (Lipinski definition) is 2. The van der Waals surface area contributed by atoms with Gasteiger partial charge in [-0.25, -0.2) is 8.42 Å². The van der Waals surface area contributed by atoms with Crippen molar-refractivity contribution in [1.82, 2.24) is 4.31 Å². The third-order valence-electron chi connectivity index (χ3n) is 5.05. The molecule has 0 aliphatic carbocycles. The van der Waals surface area contributed by atoms with Gasteiger partial charge in [-0.3, -0.25) is 4.79 Å². The molecule has 1 aliphatic rings. The van der Waals surface area contributed by atoms with Crippen LogP contribution in [0, 0.1) is 13.8 Å². The maximum atomic E-state index is 13.1. The molecule has 0 aromatic heterocycles. The number of rotatable bonds is 5. The van der Waals surface area contributed by atoms with E-state index in [1.165, 1.54) is 28.4 Å². The lowest BCUT2D eigenvalue weighted by Crippen LogP contribution is -2.45. The first-order chi connectivity index (χ1) is 13.3. The van der Waals surface area contributed by atoms with Crippen LogP contribution >= 0.6 is 0 Å². The maximum absolute atomic E-state index is 13.1. The quantitative estimate of drug-likeness (QED) is 0.803. The van der Waals surface area contributed by atoms with Crippen molar-refractivity contribution in [2.75, 3.05) is 23.7 Å². The standard InChI is InChI=1S/C21H27N3O3S/c1-15-9-10-19(12-16(15)2)23-20-7-5-11-24(14-20)28(26,27)21-8-4-6-18(13-21)22-17(3)25/h4,6,8-10,12-13,20,23H,5,7,11,14H2,1-3H3,(H,22,25)/t20-/m1/s1. The lowest BCUT2D eigenvalue weighted by molar-refractivity contribution is -0.114. The largest absolute Gasteiger partial charge is 0.381 e. The molecule has 1 amide bonds. The minimum Gasteiger partial charge on any atom is -0.381 e. The second kappa shape index (κ2) is 8.32. The Morgan fingerprint density at radius 3 is 2.57 bits per heavy atom. The molecule has 0 unspecified atom stereocenters. The van der Waals surface area contributed by atoms with E-state index in [-0.39, 0.29) is 16.8 Å². The Morgan fingerprint density at radius 1 is 1.07 bits per heavy atom. The molecule has 1 aliphatic heterocycles. The van der Waals surface area contributed by atoms with Crippen molar-refractivity contribution in [3.8, 4) is 0 Å². The van der Waals surface area contributed by atoms with Gasteiger partial charge in [0.05, 0.1) is 4.90 Å². The molecule has 150 valence electrons. The van der Waals surface area contributed by atoms with Crippen LogP contribution in [-0.4, -0.2) is 37.8 Å². The van der Waals surface area contributed by atoms with E-state index in [1.807, 2.05) is 6.07 Å². The van der Waals surface area contributed by atoms with Crippen molar-refractivity contribution in [1.29, 1.82) is 0 Å². The van der Waals surface area contributed by atoms with Crippen LogP contribution in [0.4, 0.5) is 11.4 Å². The highest BCUT2D eigenvalue weighted by Crippen LogP contribution is 2.25. The molecule has 6 nitrogen and oxygen atoms in total. The second-order valence-corrected chi connectivity index (χ2v) is 9.29. The van der Waals surface area contributed by atoms with Crippen LogP contribution in [-0.2, 0) is 14.8 Å². The van der Waals surface area contributed by atoms with Crippen LogP contribution in [0.25, 0.3) is 0 Å². The Balaban J connectivity index is 1.75. The fraction of sp³-hybridized carbons (Fsp3) is 0.381. The molecule has 1 atom stereocenters. The van der Waals surface area contributed by atoms with E-state index in [9.17, 15) is 13.2 Å². The van der Waals surface area contributed by atoms with Gasteiger partial charge >= 0.3 is 0 Å². The first-order valence-corrected chi connectivity index (χ1v) is 10.9. The molecule has 1 fully saturated rings. The highest BCUT2D eigenvalue weighted by atomic mass is 32.2. The molecule has 0 radical (unpaired) electrons. The van der Waals surface area contributed by atoms with Gasteiger partial charge in [-0.1, -0.05) is 12.1 Å². The Labute approximate surface area is 167 Å². The molecular weight excluding hydrogens is 374 g/mol. The molecule has 0 saturated carbocycles. The second-order valence-electron chi connectivity index (χ2n) is 7.35. The topological polar surface area (TPSA) is 78.5 Å². The summed E-state index contributed by atoms with van der Waals surface area (Å²) in [6.45, 7) is 6.45. The van der Waals surface area contributed by atoms with E-state index in [0.29, 0.717) is 18.8 Å². The molecule has 1 heterocycles.